The van der Waals surface area contributed by atoms with E-state index < -0.39 is 0 Å². The molecule has 3 rings (SSSR count). The van der Waals surface area contributed by atoms with Crippen molar-refractivity contribution in [1.82, 2.24) is 0 Å². The first-order valence-corrected chi connectivity index (χ1v) is 7.63. The number of nitrogens with zero attached hydrogens (tertiary/aromatic N) is 1. The maximum Gasteiger partial charge on any atom is 0.200 e. The van der Waals surface area contributed by atoms with Crippen LogP contribution in [0.25, 0.3) is 0 Å². The van der Waals surface area contributed by atoms with Gasteiger partial charge in [-0.25, -0.2) is 4.99 Å². The Bertz CT molecular complexity index is 694. The lowest BCUT2D eigenvalue weighted by atomic mass is 10.2. The molecule has 0 aliphatic heterocycles. The summed E-state index contributed by atoms with van der Waals surface area (Å²) in [6.45, 7) is 0.621. The average molecular weight is 301 g/mol. The predicted molar refractivity (Wildman–Crippen MR) is 97.7 cm³/mol. The van der Waals surface area contributed by atoms with Crippen molar-refractivity contribution in [2.45, 2.75) is 6.54 Å². The van der Waals surface area contributed by atoms with Crippen LogP contribution in [-0.2, 0) is 6.54 Å². The fourth-order valence-electron chi connectivity index (χ4n) is 2.18. The van der Waals surface area contributed by atoms with Crippen LogP contribution in [0.2, 0.25) is 0 Å². The van der Waals surface area contributed by atoms with Crippen LogP contribution in [0.5, 0.6) is 0 Å². The Hall–Kier alpha value is -3.07. The van der Waals surface area contributed by atoms with E-state index in [9.17, 15) is 0 Å². The minimum absolute atomic E-state index is 0.621. The topological polar surface area (TPSA) is 36.4 Å². The molecule has 0 atom stereocenters. The summed E-state index contributed by atoms with van der Waals surface area (Å²) in [4.78, 5) is 4.68. The lowest BCUT2D eigenvalue weighted by Gasteiger charge is -2.12. The lowest BCUT2D eigenvalue weighted by Crippen LogP contribution is -2.22. The molecule has 114 valence electrons. The quantitative estimate of drug-likeness (QED) is 0.538. The smallest absolute Gasteiger partial charge is 0.200 e. The third-order valence-electron chi connectivity index (χ3n) is 3.34. The van der Waals surface area contributed by atoms with Gasteiger partial charge in [0, 0.05) is 11.4 Å². The molecule has 3 nitrogen and oxygen atoms in total. The van der Waals surface area contributed by atoms with Gasteiger partial charge in [-0.2, -0.15) is 0 Å². The zero-order chi connectivity index (χ0) is 15.7. The summed E-state index contributed by atoms with van der Waals surface area (Å²) in [7, 11) is 0. The first-order valence-electron chi connectivity index (χ1n) is 7.63. The summed E-state index contributed by atoms with van der Waals surface area (Å²) in [6, 6.07) is 30.3. The van der Waals surface area contributed by atoms with Crippen LogP contribution in [0, 0.1) is 0 Å². The molecule has 0 bridgehead atoms. The van der Waals surface area contributed by atoms with Crippen molar-refractivity contribution in [1.29, 1.82) is 0 Å². The van der Waals surface area contributed by atoms with Gasteiger partial charge in [-0.15, -0.1) is 0 Å². The number of guanidine groups is 1. The molecule has 0 radical (unpaired) electrons. The van der Waals surface area contributed by atoms with Crippen LogP contribution in [-0.4, -0.2) is 5.96 Å². The van der Waals surface area contributed by atoms with Gasteiger partial charge in [-0.3, -0.25) is 0 Å². The molecule has 0 fully saturated rings. The molecule has 0 heterocycles. The maximum atomic E-state index is 4.68. The van der Waals surface area contributed by atoms with Gasteiger partial charge in [-0.1, -0.05) is 66.7 Å². The van der Waals surface area contributed by atoms with Gasteiger partial charge in [0.2, 0.25) is 5.96 Å². The van der Waals surface area contributed by atoms with Crippen molar-refractivity contribution >= 4 is 17.3 Å². The molecule has 0 aromatic heterocycles. The minimum atomic E-state index is 0.621. The van der Waals surface area contributed by atoms with Crippen LogP contribution in [0.15, 0.2) is 96.0 Å². The Kier molecular flexibility index (Phi) is 5.04. The standard InChI is InChI=1S/C20H19N3/c1-4-10-17(11-5-1)16-21-20(22-18-12-6-2-7-13-18)23-19-14-8-3-9-15-19/h1-15H,16H2,(H2,21,22,23). The van der Waals surface area contributed by atoms with Crippen molar-refractivity contribution < 1.29 is 0 Å². The van der Waals surface area contributed by atoms with E-state index in [0.29, 0.717) is 6.54 Å². The highest BCUT2D eigenvalue weighted by molar-refractivity contribution is 6.03. The fourth-order valence-corrected chi connectivity index (χ4v) is 2.18. The number of aliphatic imine (C=N–C) groups is 1. The van der Waals surface area contributed by atoms with E-state index in [-0.39, 0.29) is 0 Å². The highest BCUT2D eigenvalue weighted by Gasteiger charge is 2.01. The molecule has 0 aliphatic rings. The Morgan fingerprint density at radius 3 is 1.52 bits per heavy atom. The summed E-state index contributed by atoms with van der Waals surface area (Å²) in [6.07, 6.45) is 0. The van der Waals surface area contributed by atoms with Gasteiger partial charge < -0.3 is 10.6 Å². The normalized spacial score (nSPS) is 9.91. The summed E-state index contributed by atoms with van der Waals surface area (Å²) in [5, 5.41) is 6.67. The molecular formula is C20H19N3. The zero-order valence-electron chi connectivity index (χ0n) is 12.8. The van der Waals surface area contributed by atoms with E-state index in [1.807, 2.05) is 78.9 Å². The highest BCUT2D eigenvalue weighted by Crippen LogP contribution is 2.10. The van der Waals surface area contributed by atoms with Gasteiger partial charge in [0.15, 0.2) is 0 Å². The number of para-hydroxylation sites is 2. The minimum Gasteiger partial charge on any atom is -0.326 e. The number of nitrogens with one attached hydrogen (secondary N) is 2. The third-order valence-corrected chi connectivity index (χ3v) is 3.34. The molecule has 0 saturated carbocycles. The Morgan fingerprint density at radius 1 is 0.609 bits per heavy atom. The van der Waals surface area contributed by atoms with Crippen molar-refractivity contribution in [3.05, 3.63) is 96.6 Å². The van der Waals surface area contributed by atoms with Crippen LogP contribution in [0.4, 0.5) is 11.4 Å². The van der Waals surface area contributed by atoms with E-state index in [0.717, 1.165) is 17.3 Å². The molecule has 3 heteroatoms. The Labute approximate surface area is 136 Å². The average Bonchev–Trinajstić information content (AvgIpc) is 2.62. The molecule has 3 aromatic rings. The Balaban J connectivity index is 1.77. The van der Waals surface area contributed by atoms with Crippen LogP contribution in [0.1, 0.15) is 5.56 Å². The molecular weight excluding hydrogens is 282 g/mol. The lowest BCUT2D eigenvalue weighted by molar-refractivity contribution is 1.06. The molecule has 3 aromatic carbocycles. The molecule has 0 unspecified atom stereocenters. The molecule has 0 saturated heterocycles. The van der Waals surface area contributed by atoms with Gasteiger partial charge in [0.05, 0.1) is 6.54 Å². The molecule has 0 spiro atoms. The summed E-state index contributed by atoms with van der Waals surface area (Å²) in [5.41, 5.74) is 3.18. The summed E-state index contributed by atoms with van der Waals surface area (Å²) in [5.74, 6) is 0.728. The SMILES string of the molecule is c1ccc(CN=C(Nc2ccccc2)Nc2ccccc2)cc1. The van der Waals surface area contributed by atoms with Crippen molar-refractivity contribution in [2.75, 3.05) is 10.6 Å². The second-order valence-corrected chi connectivity index (χ2v) is 5.13. The van der Waals surface area contributed by atoms with Crippen LogP contribution in [0.3, 0.4) is 0 Å². The fraction of sp³-hybridized carbons (Fsp3) is 0.0500. The zero-order valence-corrected chi connectivity index (χ0v) is 12.8. The van der Waals surface area contributed by atoms with Crippen molar-refractivity contribution in [3.63, 3.8) is 0 Å². The molecule has 23 heavy (non-hydrogen) atoms. The van der Waals surface area contributed by atoms with E-state index in [1.165, 1.54) is 5.56 Å². The van der Waals surface area contributed by atoms with Crippen molar-refractivity contribution in [2.24, 2.45) is 4.99 Å². The van der Waals surface area contributed by atoms with Gasteiger partial charge in [-0.05, 0) is 29.8 Å². The summed E-state index contributed by atoms with van der Waals surface area (Å²) < 4.78 is 0. The van der Waals surface area contributed by atoms with Crippen molar-refractivity contribution in [3.8, 4) is 0 Å². The second-order valence-electron chi connectivity index (χ2n) is 5.13. The van der Waals surface area contributed by atoms with E-state index in [4.69, 9.17) is 0 Å². The monoisotopic (exact) mass is 301 g/mol. The first-order chi connectivity index (χ1) is 11.4. The molecule has 2 N–H and O–H groups in total. The number of hydrogen-bond donors (Lipinski definition) is 2. The number of anilines is 2. The van der Waals surface area contributed by atoms with E-state index >= 15 is 0 Å². The maximum absolute atomic E-state index is 4.68. The predicted octanol–water partition coefficient (Wildman–Crippen LogP) is 4.77. The van der Waals surface area contributed by atoms with Gasteiger partial charge in [0.25, 0.3) is 0 Å². The van der Waals surface area contributed by atoms with Gasteiger partial charge in [0.1, 0.15) is 0 Å². The molecule has 0 aliphatic carbocycles. The largest absolute Gasteiger partial charge is 0.326 e. The van der Waals surface area contributed by atoms with Crippen LogP contribution < -0.4 is 10.6 Å². The number of rotatable bonds is 4. The second kappa shape index (κ2) is 7.80. The Morgan fingerprint density at radius 2 is 1.04 bits per heavy atom. The van der Waals surface area contributed by atoms with E-state index in [1.54, 1.807) is 0 Å². The number of hydrogen-bond acceptors (Lipinski definition) is 1. The number of benzene rings is 3. The first kappa shape index (κ1) is 14.9. The third kappa shape index (κ3) is 4.71. The highest BCUT2D eigenvalue weighted by atomic mass is 15.2. The van der Waals surface area contributed by atoms with Crippen LogP contribution >= 0.6 is 0 Å². The van der Waals surface area contributed by atoms with Gasteiger partial charge >= 0.3 is 0 Å². The van der Waals surface area contributed by atoms with E-state index in [2.05, 4.69) is 27.8 Å². The summed E-state index contributed by atoms with van der Waals surface area (Å²) >= 11 is 0. The molecule has 0 amide bonds.